The molecule has 0 aliphatic carbocycles. The summed E-state index contributed by atoms with van der Waals surface area (Å²) in [5.74, 6) is 1.63. The van der Waals surface area contributed by atoms with E-state index < -0.39 is 0 Å². The van der Waals surface area contributed by atoms with Crippen LogP contribution in [0, 0.1) is 11.8 Å². The summed E-state index contributed by atoms with van der Waals surface area (Å²) in [6, 6.07) is 10.1. The van der Waals surface area contributed by atoms with Crippen LogP contribution in [0.1, 0.15) is 51.3 Å². The van der Waals surface area contributed by atoms with Crippen LogP contribution in [0.4, 0.5) is 0 Å². The van der Waals surface area contributed by atoms with E-state index in [1.54, 1.807) is 0 Å². The predicted molar refractivity (Wildman–Crippen MR) is 91.6 cm³/mol. The zero-order chi connectivity index (χ0) is 15.4. The van der Waals surface area contributed by atoms with Crippen LogP contribution >= 0.6 is 0 Å². The summed E-state index contributed by atoms with van der Waals surface area (Å²) in [4.78, 5) is 2.67. The van der Waals surface area contributed by atoms with E-state index in [0.29, 0.717) is 12.1 Å². The van der Waals surface area contributed by atoms with Gasteiger partial charge in [0.2, 0.25) is 0 Å². The molecule has 1 saturated heterocycles. The van der Waals surface area contributed by atoms with Gasteiger partial charge in [-0.05, 0) is 49.8 Å². The first-order chi connectivity index (χ1) is 10.0. The minimum absolute atomic E-state index is 0.411. The Balaban J connectivity index is 2.11. The summed E-state index contributed by atoms with van der Waals surface area (Å²) in [5, 5.41) is 3.54. The maximum Gasteiger partial charge on any atom is 0.0473 e. The number of likely N-dealkylation sites (tertiary alicyclic amines) is 1. The maximum absolute atomic E-state index is 3.54. The van der Waals surface area contributed by atoms with Crippen molar-refractivity contribution in [1.29, 1.82) is 0 Å². The van der Waals surface area contributed by atoms with Gasteiger partial charge in [-0.15, -0.1) is 0 Å². The van der Waals surface area contributed by atoms with Crippen molar-refractivity contribution in [1.82, 2.24) is 10.2 Å². The van der Waals surface area contributed by atoms with Crippen LogP contribution in [0.5, 0.6) is 0 Å². The number of hydrogen-bond donors (Lipinski definition) is 1. The van der Waals surface area contributed by atoms with Gasteiger partial charge in [0, 0.05) is 25.2 Å². The van der Waals surface area contributed by atoms with E-state index in [0.717, 1.165) is 18.3 Å². The highest BCUT2D eigenvalue weighted by atomic mass is 15.2. The molecule has 1 N–H and O–H groups in total. The third-order valence-corrected chi connectivity index (χ3v) is 5.01. The van der Waals surface area contributed by atoms with E-state index in [2.05, 4.69) is 69.2 Å². The largest absolute Gasteiger partial charge is 0.312 e. The lowest BCUT2D eigenvalue weighted by Crippen LogP contribution is -2.48. The van der Waals surface area contributed by atoms with Crippen LogP contribution < -0.4 is 5.32 Å². The van der Waals surface area contributed by atoms with E-state index in [1.165, 1.54) is 30.6 Å². The number of benzene rings is 1. The van der Waals surface area contributed by atoms with Gasteiger partial charge >= 0.3 is 0 Å². The predicted octanol–water partition coefficient (Wildman–Crippen LogP) is 3.88. The van der Waals surface area contributed by atoms with Crippen molar-refractivity contribution in [3.05, 3.63) is 35.4 Å². The monoisotopic (exact) mass is 288 g/mol. The van der Waals surface area contributed by atoms with Crippen molar-refractivity contribution < 1.29 is 0 Å². The third-order valence-electron chi connectivity index (χ3n) is 5.01. The van der Waals surface area contributed by atoms with Gasteiger partial charge in [-0.3, -0.25) is 4.90 Å². The molecule has 2 heteroatoms. The second-order valence-corrected chi connectivity index (χ2v) is 7.00. The highest BCUT2D eigenvalue weighted by molar-refractivity contribution is 5.26. The first kappa shape index (κ1) is 16.5. The number of piperidine rings is 1. The molecule has 0 bridgehead atoms. The Kier molecular flexibility index (Phi) is 5.83. The Bertz CT molecular complexity index is 416. The van der Waals surface area contributed by atoms with Crippen molar-refractivity contribution in [2.45, 2.75) is 52.6 Å². The molecule has 2 nitrogen and oxygen atoms in total. The quantitative estimate of drug-likeness (QED) is 0.884. The molecule has 0 radical (unpaired) electrons. The second-order valence-electron chi connectivity index (χ2n) is 7.00. The van der Waals surface area contributed by atoms with E-state index in [1.807, 2.05) is 0 Å². The standard InChI is InChI=1S/C19H32N2/c1-6-17-7-9-18(10-8-17)19(20-5)16(4)21-12-14(2)11-15(3)13-21/h7-10,14-16,19-20H,6,11-13H2,1-5H3. The van der Waals surface area contributed by atoms with Gasteiger partial charge in [0.05, 0.1) is 0 Å². The molecule has 21 heavy (non-hydrogen) atoms. The van der Waals surface area contributed by atoms with Gasteiger partial charge in [0.1, 0.15) is 0 Å². The van der Waals surface area contributed by atoms with Gasteiger partial charge < -0.3 is 5.32 Å². The lowest BCUT2D eigenvalue weighted by molar-refractivity contribution is 0.0848. The Morgan fingerprint density at radius 3 is 2.19 bits per heavy atom. The Morgan fingerprint density at radius 1 is 1.14 bits per heavy atom. The van der Waals surface area contributed by atoms with Gasteiger partial charge in [-0.25, -0.2) is 0 Å². The van der Waals surface area contributed by atoms with E-state index in [9.17, 15) is 0 Å². The average molecular weight is 288 g/mol. The summed E-state index contributed by atoms with van der Waals surface area (Å²) < 4.78 is 0. The van der Waals surface area contributed by atoms with Crippen LogP contribution in [0.3, 0.4) is 0 Å². The topological polar surface area (TPSA) is 15.3 Å². The van der Waals surface area contributed by atoms with Crippen LogP contribution in [-0.2, 0) is 6.42 Å². The lowest BCUT2D eigenvalue weighted by atomic mass is 9.89. The molecule has 1 heterocycles. The maximum atomic E-state index is 3.54. The van der Waals surface area contributed by atoms with Gasteiger partial charge in [-0.2, -0.15) is 0 Å². The number of aryl methyl sites for hydroxylation is 1. The van der Waals surface area contributed by atoms with Crippen LogP contribution in [0.2, 0.25) is 0 Å². The molecule has 4 unspecified atom stereocenters. The minimum Gasteiger partial charge on any atom is -0.312 e. The molecular weight excluding hydrogens is 256 g/mol. The average Bonchev–Trinajstić information content (AvgIpc) is 2.47. The minimum atomic E-state index is 0.411. The van der Waals surface area contributed by atoms with E-state index in [4.69, 9.17) is 0 Å². The summed E-state index contributed by atoms with van der Waals surface area (Å²) in [5.41, 5.74) is 2.83. The molecule has 1 aromatic rings. The molecule has 1 fully saturated rings. The third kappa shape index (κ3) is 4.08. The fourth-order valence-corrected chi connectivity index (χ4v) is 3.90. The van der Waals surface area contributed by atoms with Crippen LogP contribution in [0.15, 0.2) is 24.3 Å². The highest BCUT2D eigenvalue weighted by Gasteiger charge is 2.29. The SMILES string of the molecule is CCc1ccc(C(NC)C(C)N2CC(C)CC(C)C2)cc1. The second kappa shape index (κ2) is 7.42. The molecule has 0 spiro atoms. The normalized spacial score (nSPS) is 26.5. The van der Waals surface area contributed by atoms with Crippen molar-refractivity contribution in [3.63, 3.8) is 0 Å². The van der Waals surface area contributed by atoms with E-state index in [-0.39, 0.29) is 0 Å². The Labute approximate surface area is 130 Å². The number of hydrogen-bond acceptors (Lipinski definition) is 2. The van der Waals surface area contributed by atoms with Crippen molar-refractivity contribution in [3.8, 4) is 0 Å². The summed E-state index contributed by atoms with van der Waals surface area (Å²) >= 11 is 0. The molecule has 1 aliphatic rings. The smallest absolute Gasteiger partial charge is 0.0473 e. The van der Waals surface area contributed by atoms with Crippen LogP contribution in [-0.4, -0.2) is 31.1 Å². The zero-order valence-corrected chi connectivity index (χ0v) is 14.4. The number of rotatable bonds is 5. The van der Waals surface area contributed by atoms with Gasteiger partial charge in [-0.1, -0.05) is 45.0 Å². The number of nitrogens with one attached hydrogen (secondary N) is 1. The lowest BCUT2D eigenvalue weighted by Gasteiger charge is -2.42. The number of likely N-dealkylation sites (N-methyl/N-ethyl adjacent to an activating group) is 1. The first-order valence-electron chi connectivity index (χ1n) is 8.55. The molecule has 0 amide bonds. The molecule has 4 atom stereocenters. The van der Waals surface area contributed by atoms with Gasteiger partial charge in [0.25, 0.3) is 0 Å². The Morgan fingerprint density at radius 2 is 1.71 bits per heavy atom. The first-order valence-corrected chi connectivity index (χ1v) is 8.55. The Hall–Kier alpha value is -0.860. The fourth-order valence-electron chi connectivity index (χ4n) is 3.90. The summed E-state index contributed by atoms with van der Waals surface area (Å²) in [7, 11) is 2.09. The zero-order valence-electron chi connectivity index (χ0n) is 14.4. The molecule has 1 aromatic carbocycles. The summed E-state index contributed by atoms with van der Waals surface area (Å²) in [6.45, 7) is 11.8. The van der Waals surface area contributed by atoms with Crippen molar-refractivity contribution in [2.24, 2.45) is 11.8 Å². The van der Waals surface area contributed by atoms with Gasteiger partial charge in [0.15, 0.2) is 0 Å². The molecule has 0 aromatic heterocycles. The number of nitrogens with zero attached hydrogens (tertiary/aromatic N) is 1. The highest BCUT2D eigenvalue weighted by Crippen LogP contribution is 2.28. The van der Waals surface area contributed by atoms with E-state index >= 15 is 0 Å². The molecule has 1 aliphatic heterocycles. The van der Waals surface area contributed by atoms with Crippen molar-refractivity contribution >= 4 is 0 Å². The molecule has 118 valence electrons. The summed E-state index contributed by atoms with van der Waals surface area (Å²) in [6.07, 6.45) is 2.49. The van der Waals surface area contributed by atoms with Crippen molar-refractivity contribution in [2.75, 3.05) is 20.1 Å². The fraction of sp³-hybridized carbons (Fsp3) is 0.684. The molecular formula is C19H32N2. The molecule has 0 saturated carbocycles. The van der Waals surface area contributed by atoms with Crippen LogP contribution in [0.25, 0.3) is 0 Å². The molecule has 2 rings (SSSR count).